The molecule has 0 heterocycles. The number of hydrogen-bond acceptors (Lipinski definition) is 3. The minimum absolute atomic E-state index is 0.547. The molecule has 2 rings (SSSR count). The van der Waals surface area contributed by atoms with Crippen molar-refractivity contribution in [3.05, 3.63) is 59.2 Å². The molecule has 3 nitrogen and oxygen atoms in total. The van der Waals surface area contributed by atoms with Crippen LogP contribution in [0.1, 0.15) is 37.0 Å². The molecule has 2 aromatic carbocycles. The predicted octanol–water partition coefficient (Wildman–Crippen LogP) is 4.43. The first-order valence-corrected chi connectivity index (χ1v) is 8.91. The van der Waals surface area contributed by atoms with E-state index in [2.05, 4.69) is 56.0 Å². The van der Waals surface area contributed by atoms with Crippen molar-refractivity contribution in [1.29, 1.82) is 0 Å². The second-order valence-corrected chi connectivity index (χ2v) is 6.28. The Kier molecular flexibility index (Phi) is 7.13. The summed E-state index contributed by atoms with van der Waals surface area (Å²) < 4.78 is 5.86. The average Bonchev–Trinajstić information content (AvgIpc) is 2.59. The van der Waals surface area contributed by atoms with Gasteiger partial charge in [0.15, 0.2) is 0 Å². The van der Waals surface area contributed by atoms with Gasteiger partial charge in [-0.1, -0.05) is 49.7 Å². The van der Waals surface area contributed by atoms with Gasteiger partial charge in [0.2, 0.25) is 0 Å². The molecule has 0 bridgehead atoms. The first kappa shape index (κ1) is 18.3. The molecule has 0 unspecified atom stereocenters. The van der Waals surface area contributed by atoms with Gasteiger partial charge in [-0.3, -0.25) is 0 Å². The number of benzene rings is 2. The van der Waals surface area contributed by atoms with Gasteiger partial charge in [0.25, 0.3) is 0 Å². The first-order chi connectivity index (χ1) is 11.6. The lowest BCUT2D eigenvalue weighted by Gasteiger charge is -2.17. The largest absolute Gasteiger partial charge is 0.487 e. The van der Waals surface area contributed by atoms with Gasteiger partial charge in [0, 0.05) is 0 Å². The second kappa shape index (κ2) is 9.33. The lowest BCUT2D eigenvalue weighted by Crippen LogP contribution is -2.24. The van der Waals surface area contributed by atoms with E-state index in [0.717, 1.165) is 49.5 Å². The van der Waals surface area contributed by atoms with E-state index in [1.165, 1.54) is 11.1 Å². The fourth-order valence-electron chi connectivity index (χ4n) is 2.78. The van der Waals surface area contributed by atoms with Crippen molar-refractivity contribution in [3.63, 3.8) is 0 Å². The van der Waals surface area contributed by atoms with E-state index in [1.807, 2.05) is 12.1 Å². The summed E-state index contributed by atoms with van der Waals surface area (Å²) in [6.07, 6.45) is 2.21. The summed E-state index contributed by atoms with van der Waals surface area (Å²) in [5.74, 6) is 0.767. The summed E-state index contributed by atoms with van der Waals surface area (Å²) >= 11 is 0. The minimum Gasteiger partial charge on any atom is -0.487 e. The number of nitrogens with zero attached hydrogens (tertiary/aromatic N) is 1. The molecule has 24 heavy (non-hydrogen) atoms. The van der Waals surface area contributed by atoms with E-state index in [4.69, 9.17) is 10.5 Å². The Morgan fingerprint density at radius 2 is 1.62 bits per heavy atom. The third kappa shape index (κ3) is 5.57. The second-order valence-electron chi connectivity index (χ2n) is 6.28. The number of aryl methyl sites for hydroxylation is 2. The number of hydrogen-bond donors (Lipinski definition) is 1. The molecule has 0 saturated carbocycles. The zero-order chi connectivity index (χ0) is 17.4. The van der Waals surface area contributed by atoms with E-state index in [1.54, 1.807) is 0 Å². The van der Waals surface area contributed by atoms with Crippen LogP contribution in [0.5, 0.6) is 5.75 Å². The van der Waals surface area contributed by atoms with Crippen LogP contribution in [-0.2, 0) is 13.0 Å². The van der Waals surface area contributed by atoms with Crippen molar-refractivity contribution < 1.29 is 4.74 Å². The summed E-state index contributed by atoms with van der Waals surface area (Å²) in [7, 11) is 0. The molecule has 0 saturated heterocycles. The van der Waals surface area contributed by atoms with Crippen LogP contribution in [0.3, 0.4) is 0 Å². The average molecular weight is 326 g/mol. The normalized spacial score (nSPS) is 11.0. The maximum absolute atomic E-state index is 6.16. The highest BCUT2D eigenvalue weighted by Crippen LogP contribution is 2.24. The smallest absolute Gasteiger partial charge is 0.142 e. The Bertz CT molecular complexity index is 618. The number of anilines is 1. The number of ether oxygens (including phenoxy) is 1. The summed E-state index contributed by atoms with van der Waals surface area (Å²) in [6, 6.07) is 14.5. The van der Waals surface area contributed by atoms with Gasteiger partial charge in [-0.05, 0) is 62.7 Å². The van der Waals surface area contributed by atoms with Crippen molar-refractivity contribution in [2.75, 3.05) is 25.4 Å². The molecule has 2 N–H and O–H groups in total. The summed E-state index contributed by atoms with van der Waals surface area (Å²) in [4.78, 5) is 2.45. The molecule has 0 radical (unpaired) electrons. The molecule has 0 spiro atoms. The molecule has 130 valence electrons. The van der Waals surface area contributed by atoms with E-state index >= 15 is 0 Å². The van der Waals surface area contributed by atoms with Crippen LogP contribution < -0.4 is 10.5 Å². The lowest BCUT2D eigenvalue weighted by molar-refractivity contribution is 0.300. The molecule has 0 aliphatic carbocycles. The fourth-order valence-corrected chi connectivity index (χ4v) is 2.78. The van der Waals surface area contributed by atoms with Crippen molar-refractivity contribution in [1.82, 2.24) is 4.90 Å². The van der Waals surface area contributed by atoms with Gasteiger partial charge in [-0.15, -0.1) is 0 Å². The van der Waals surface area contributed by atoms with Gasteiger partial charge >= 0.3 is 0 Å². The highest BCUT2D eigenvalue weighted by atomic mass is 16.5. The van der Waals surface area contributed by atoms with Crippen LogP contribution in [0.4, 0.5) is 5.69 Å². The van der Waals surface area contributed by atoms with E-state index < -0.39 is 0 Å². The zero-order valence-corrected chi connectivity index (χ0v) is 15.2. The topological polar surface area (TPSA) is 38.5 Å². The maximum atomic E-state index is 6.16. The predicted molar refractivity (Wildman–Crippen MR) is 102 cm³/mol. The van der Waals surface area contributed by atoms with Crippen molar-refractivity contribution in [2.24, 2.45) is 0 Å². The third-order valence-corrected chi connectivity index (χ3v) is 4.42. The molecule has 0 aromatic heterocycles. The summed E-state index contributed by atoms with van der Waals surface area (Å²) in [5, 5.41) is 0. The Morgan fingerprint density at radius 3 is 2.25 bits per heavy atom. The van der Waals surface area contributed by atoms with Gasteiger partial charge < -0.3 is 15.4 Å². The number of nitrogens with two attached hydrogens (primary N) is 1. The Labute approximate surface area is 146 Å². The first-order valence-electron chi connectivity index (χ1n) is 8.91. The van der Waals surface area contributed by atoms with Gasteiger partial charge in [0.1, 0.15) is 12.4 Å². The number of nitrogen functional groups attached to an aromatic ring is 1. The summed E-state index contributed by atoms with van der Waals surface area (Å²) in [5.41, 5.74) is 10.6. The maximum Gasteiger partial charge on any atom is 0.142 e. The molecule has 0 aliphatic rings. The van der Waals surface area contributed by atoms with Crippen molar-refractivity contribution in [2.45, 2.75) is 40.2 Å². The van der Waals surface area contributed by atoms with Crippen molar-refractivity contribution >= 4 is 5.69 Å². The van der Waals surface area contributed by atoms with E-state index in [0.29, 0.717) is 6.61 Å². The molecule has 0 aliphatic heterocycles. The van der Waals surface area contributed by atoms with Crippen LogP contribution in [-0.4, -0.2) is 24.5 Å². The van der Waals surface area contributed by atoms with Crippen LogP contribution >= 0.6 is 0 Å². The standard InChI is InChI=1S/C21H30N2O/c1-4-23(5-2)14-6-7-18-12-13-21(20(22)15-18)24-16-19-10-8-17(3)9-11-19/h8-13,15H,4-7,14,16,22H2,1-3H3. The molecule has 0 fully saturated rings. The lowest BCUT2D eigenvalue weighted by atomic mass is 10.1. The Balaban J connectivity index is 1.86. The van der Waals surface area contributed by atoms with Crippen LogP contribution in [0.25, 0.3) is 0 Å². The van der Waals surface area contributed by atoms with Gasteiger partial charge in [0.05, 0.1) is 5.69 Å². The third-order valence-electron chi connectivity index (χ3n) is 4.42. The Hall–Kier alpha value is -2.00. The summed E-state index contributed by atoms with van der Waals surface area (Å²) in [6.45, 7) is 10.4. The SMILES string of the molecule is CCN(CC)CCCc1ccc(OCc2ccc(C)cc2)c(N)c1. The van der Waals surface area contributed by atoms with Crippen LogP contribution in [0.15, 0.2) is 42.5 Å². The molecule has 0 amide bonds. The fraction of sp³-hybridized carbons (Fsp3) is 0.429. The van der Waals surface area contributed by atoms with Crippen LogP contribution in [0.2, 0.25) is 0 Å². The van der Waals surface area contributed by atoms with E-state index in [9.17, 15) is 0 Å². The molecule has 0 atom stereocenters. The van der Waals surface area contributed by atoms with Crippen LogP contribution in [0, 0.1) is 6.92 Å². The molecule has 3 heteroatoms. The van der Waals surface area contributed by atoms with Gasteiger partial charge in [-0.2, -0.15) is 0 Å². The van der Waals surface area contributed by atoms with Gasteiger partial charge in [-0.25, -0.2) is 0 Å². The zero-order valence-electron chi connectivity index (χ0n) is 15.2. The minimum atomic E-state index is 0.547. The Morgan fingerprint density at radius 1 is 0.958 bits per heavy atom. The highest BCUT2D eigenvalue weighted by molar-refractivity contribution is 5.54. The molecule has 2 aromatic rings. The number of rotatable bonds is 9. The molecular formula is C21H30N2O. The monoisotopic (exact) mass is 326 g/mol. The molecular weight excluding hydrogens is 296 g/mol. The van der Waals surface area contributed by atoms with E-state index in [-0.39, 0.29) is 0 Å². The quantitative estimate of drug-likeness (QED) is 0.693. The highest BCUT2D eigenvalue weighted by Gasteiger charge is 2.04. The van der Waals surface area contributed by atoms with Crippen molar-refractivity contribution in [3.8, 4) is 5.75 Å².